The Morgan fingerprint density at radius 2 is 2.08 bits per heavy atom. The Morgan fingerprint density at radius 1 is 1.31 bits per heavy atom. The van der Waals surface area contributed by atoms with Crippen molar-refractivity contribution in [1.29, 1.82) is 0 Å². The van der Waals surface area contributed by atoms with Crippen molar-refractivity contribution < 1.29 is 0 Å². The quantitative estimate of drug-likeness (QED) is 0.552. The predicted octanol–water partition coefficient (Wildman–Crippen LogP) is 2.52. The summed E-state index contributed by atoms with van der Waals surface area (Å²) in [6, 6.07) is 0. The number of hydrogen-bond donors (Lipinski definition) is 0. The van der Waals surface area contributed by atoms with Gasteiger partial charge in [-0.25, -0.2) is 0 Å². The van der Waals surface area contributed by atoms with E-state index in [-0.39, 0.29) is 0 Å². The zero-order valence-corrected chi connectivity index (χ0v) is 9.14. The molecule has 0 N–H and O–H groups in total. The summed E-state index contributed by atoms with van der Waals surface area (Å²) >= 11 is 0. The maximum atomic E-state index is 2.81. The number of piperidine rings is 1. The largest absolute Gasteiger partial charge is 0.297 e. The SMILES string of the molecule is CC(C)(C)C12CCCN1C[C@@H]1C[C@@H]12. The van der Waals surface area contributed by atoms with Gasteiger partial charge in [-0.1, -0.05) is 20.8 Å². The molecular weight excluding hydrogens is 158 g/mol. The molecule has 3 fully saturated rings. The Kier molecular flexibility index (Phi) is 1.36. The third-order valence-corrected chi connectivity index (χ3v) is 4.84. The second-order valence-electron chi connectivity index (χ2n) is 6.33. The first-order valence-electron chi connectivity index (χ1n) is 5.81. The molecule has 0 bridgehead atoms. The standard InChI is InChI=1S/C12H21N/c1-11(2,3)12-5-4-6-13(12)8-9-7-10(9)12/h9-10H,4-8H2,1-3H3/t9-,10-,12?/m0/s1. The molecule has 13 heavy (non-hydrogen) atoms. The summed E-state index contributed by atoms with van der Waals surface area (Å²) < 4.78 is 0. The van der Waals surface area contributed by atoms with Crippen molar-refractivity contribution in [1.82, 2.24) is 4.90 Å². The molecule has 3 aliphatic rings. The van der Waals surface area contributed by atoms with Crippen LogP contribution in [0.5, 0.6) is 0 Å². The van der Waals surface area contributed by atoms with Crippen molar-refractivity contribution in [3.05, 3.63) is 0 Å². The number of rotatable bonds is 0. The lowest BCUT2D eigenvalue weighted by atomic mass is 9.69. The minimum atomic E-state index is 0.499. The summed E-state index contributed by atoms with van der Waals surface area (Å²) in [6.45, 7) is 10.1. The molecule has 3 rings (SSSR count). The lowest BCUT2D eigenvalue weighted by molar-refractivity contribution is 0.0373. The van der Waals surface area contributed by atoms with Gasteiger partial charge < -0.3 is 0 Å². The van der Waals surface area contributed by atoms with Crippen LogP contribution in [0.15, 0.2) is 0 Å². The van der Waals surface area contributed by atoms with Gasteiger partial charge in [0, 0.05) is 12.1 Å². The van der Waals surface area contributed by atoms with E-state index in [1.54, 1.807) is 0 Å². The summed E-state index contributed by atoms with van der Waals surface area (Å²) in [5, 5.41) is 0. The molecule has 1 saturated carbocycles. The van der Waals surface area contributed by atoms with E-state index in [2.05, 4.69) is 25.7 Å². The lowest BCUT2D eigenvalue weighted by Gasteiger charge is -2.46. The van der Waals surface area contributed by atoms with Crippen LogP contribution in [0.2, 0.25) is 0 Å². The van der Waals surface area contributed by atoms with Gasteiger partial charge in [-0.15, -0.1) is 0 Å². The molecule has 0 aromatic carbocycles. The summed E-state index contributed by atoms with van der Waals surface area (Å²) in [6.07, 6.45) is 4.45. The van der Waals surface area contributed by atoms with Gasteiger partial charge in [0.25, 0.3) is 0 Å². The molecule has 2 aliphatic heterocycles. The fraction of sp³-hybridized carbons (Fsp3) is 1.00. The van der Waals surface area contributed by atoms with Gasteiger partial charge in [0.2, 0.25) is 0 Å². The Hall–Kier alpha value is -0.0400. The Bertz CT molecular complexity index is 240. The van der Waals surface area contributed by atoms with Gasteiger partial charge in [-0.05, 0) is 43.1 Å². The second-order valence-corrected chi connectivity index (χ2v) is 6.33. The molecular formula is C12H21N. The Labute approximate surface area is 81.5 Å². The second kappa shape index (κ2) is 2.13. The van der Waals surface area contributed by atoms with Crippen LogP contribution >= 0.6 is 0 Å². The van der Waals surface area contributed by atoms with Crippen LogP contribution in [-0.4, -0.2) is 23.5 Å². The van der Waals surface area contributed by atoms with Crippen LogP contribution in [-0.2, 0) is 0 Å². The van der Waals surface area contributed by atoms with Crippen molar-refractivity contribution in [3.8, 4) is 0 Å². The smallest absolute Gasteiger partial charge is 0.0289 e. The first-order chi connectivity index (χ1) is 6.06. The molecule has 0 aromatic heterocycles. The third-order valence-electron chi connectivity index (χ3n) is 4.84. The summed E-state index contributed by atoms with van der Waals surface area (Å²) in [5.74, 6) is 2.15. The van der Waals surface area contributed by atoms with E-state index in [1.165, 1.54) is 32.4 Å². The molecule has 1 heteroatoms. The van der Waals surface area contributed by atoms with E-state index in [9.17, 15) is 0 Å². The van der Waals surface area contributed by atoms with Crippen LogP contribution < -0.4 is 0 Å². The average Bonchev–Trinajstić information content (AvgIpc) is 2.55. The molecule has 3 atom stereocenters. The van der Waals surface area contributed by atoms with Crippen molar-refractivity contribution in [2.24, 2.45) is 17.3 Å². The Balaban J connectivity index is 2.01. The molecule has 2 saturated heterocycles. The van der Waals surface area contributed by atoms with E-state index < -0.39 is 0 Å². The third kappa shape index (κ3) is 0.823. The minimum absolute atomic E-state index is 0.499. The highest BCUT2D eigenvalue weighted by atomic mass is 15.3. The van der Waals surface area contributed by atoms with E-state index in [4.69, 9.17) is 0 Å². The minimum Gasteiger partial charge on any atom is -0.297 e. The molecule has 1 aliphatic carbocycles. The topological polar surface area (TPSA) is 3.24 Å². The first-order valence-corrected chi connectivity index (χ1v) is 5.81. The number of hydrogen-bond acceptors (Lipinski definition) is 1. The number of fused-ring (bicyclic) bond motifs is 3. The fourth-order valence-corrected chi connectivity index (χ4v) is 4.29. The van der Waals surface area contributed by atoms with Gasteiger partial charge in [0.15, 0.2) is 0 Å². The van der Waals surface area contributed by atoms with E-state index in [0.29, 0.717) is 11.0 Å². The lowest BCUT2D eigenvalue weighted by Crippen LogP contribution is -2.52. The van der Waals surface area contributed by atoms with Crippen LogP contribution in [0.4, 0.5) is 0 Å². The maximum absolute atomic E-state index is 2.81. The van der Waals surface area contributed by atoms with E-state index >= 15 is 0 Å². The van der Waals surface area contributed by atoms with Gasteiger partial charge in [0.05, 0.1) is 0 Å². The fourth-order valence-electron chi connectivity index (χ4n) is 4.29. The molecule has 0 radical (unpaired) electrons. The summed E-state index contributed by atoms with van der Waals surface area (Å²) in [5.41, 5.74) is 1.11. The molecule has 0 spiro atoms. The molecule has 1 unspecified atom stereocenters. The molecule has 1 nitrogen and oxygen atoms in total. The maximum Gasteiger partial charge on any atom is 0.0289 e. The molecule has 0 aromatic rings. The monoisotopic (exact) mass is 179 g/mol. The highest BCUT2D eigenvalue weighted by molar-refractivity contribution is 5.20. The highest BCUT2D eigenvalue weighted by Gasteiger charge is 2.67. The van der Waals surface area contributed by atoms with Crippen LogP contribution in [0.3, 0.4) is 0 Å². The zero-order valence-electron chi connectivity index (χ0n) is 9.14. The Morgan fingerprint density at radius 3 is 2.69 bits per heavy atom. The average molecular weight is 179 g/mol. The number of nitrogens with zero attached hydrogens (tertiary/aromatic N) is 1. The normalized spacial score (nSPS) is 49.2. The molecule has 74 valence electrons. The van der Waals surface area contributed by atoms with E-state index in [1.807, 2.05) is 0 Å². The van der Waals surface area contributed by atoms with E-state index in [0.717, 1.165) is 11.8 Å². The van der Waals surface area contributed by atoms with Crippen LogP contribution in [0.25, 0.3) is 0 Å². The van der Waals surface area contributed by atoms with Crippen molar-refractivity contribution in [3.63, 3.8) is 0 Å². The first kappa shape index (κ1) is 8.28. The predicted molar refractivity (Wildman–Crippen MR) is 54.6 cm³/mol. The van der Waals surface area contributed by atoms with Crippen LogP contribution in [0.1, 0.15) is 40.0 Å². The zero-order chi connectivity index (χ0) is 9.27. The van der Waals surface area contributed by atoms with Gasteiger partial charge in [0.1, 0.15) is 0 Å². The van der Waals surface area contributed by atoms with Crippen molar-refractivity contribution in [2.45, 2.75) is 45.6 Å². The van der Waals surface area contributed by atoms with Gasteiger partial charge in [-0.2, -0.15) is 0 Å². The van der Waals surface area contributed by atoms with Gasteiger partial charge in [-0.3, -0.25) is 4.90 Å². The summed E-state index contributed by atoms with van der Waals surface area (Å²) in [7, 11) is 0. The van der Waals surface area contributed by atoms with Crippen LogP contribution in [0, 0.1) is 17.3 Å². The summed E-state index contributed by atoms with van der Waals surface area (Å²) in [4.78, 5) is 2.81. The molecule has 0 amide bonds. The highest BCUT2D eigenvalue weighted by Crippen LogP contribution is 2.65. The van der Waals surface area contributed by atoms with Gasteiger partial charge >= 0.3 is 0 Å². The van der Waals surface area contributed by atoms with Crippen molar-refractivity contribution >= 4 is 0 Å². The van der Waals surface area contributed by atoms with Crippen molar-refractivity contribution in [2.75, 3.05) is 13.1 Å². The molecule has 2 heterocycles.